The van der Waals surface area contributed by atoms with Gasteiger partial charge >= 0.3 is 0 Å². The van der Waals surface area contributed by atoms with Crippen LogP contribution < -0.4 is 9.79 Å². The van der Waals surface area contributed by atoms with Gasteiger partial charge in [-0.1, -0.05) is 24.3 Å². The molecule has 1 heterocycles. The van der Waals surface area contributed by atoms with Crippen LogP contribution in [0.3, 0.4) is 0 Å². The minimum Gasteiger partial charge on any atom is -0.289 e. The molecule has 0 bridgehead atoms. The molecular weight excluding hydrogens is 335 g/mol. The van der Waals surface area contributed by atoms with Crippen molar-refractivity contribution in [2.24, 2.45) is 0 Å². The molecule has 0 aromatic heterocycles. The van der Waals surface area contributed by atoms with Gasteiger partial charge in [0.25, 0.3) is 10.0 Å². The molecule has 1 aliphatic heterocycles. The maximum Gasteiger partial charge on any atom is 0.268 e. The summed E-state index contributed by atoms with van der Waals surface area (Å²) in [5.41, 5.74) is 2.57. The number of carbonyl (C=O) groups excluding carboxylic acids is 1. The second-order valence-corrected chi connectivity index (χ2v) is 7.31. The first-order chi connectivity index (χ1) is 11.4. The molecule has 0 fully saturated rings. The molecule has 6 nitrogen and oxygen atoms in total. The third-order valence-corrected chi connectivity index (χ3v) is 5.82. The van der Waals surface area contributed by atoms with E-state index in [1.807, 2.05) is 0 Å². The molecule has 2 aromatic carbocycles. The van der Waals surface area contributed by atoms with Crippen LogP contribution in [0.25, 0.3) is 0 Å². The number of benzene rings is 2. The lowest BCUT2D eigenvalue weighted by atomic mass is 10.0. The van der Waals surface area contributed by atoms with E-state index in [-0.39, 0.29) is 12.0 Å². The van der Waals surface area contributed by atoms with E-state index < -0.39 is 32.7 Å². The normalized spacial score (nSPS) is 18.3. The average molecular weight is 350 g/mol. The number of hydroxylamine groups is 1. The van der Waals surface area contributed by atoms with Crippen LogP contribution in [0.2, 0.25) is 0 Å². The number of sulfonamides is 1. The van der Waals surface area contributed by atoms with Crippen LogP contribution in [0.4, 0.5) is 10.1 Å². The first kappa shape index (κ1) is 16.4. The summed E-state index contributed by atoms with van der Waals surface area (Å²) in [4.78, 5) is 11.2. The summed E-state index contributed by atoms with van der Waals surface area (Å²) < 4.78 is 41.2. The fourth-order valence-electron chi connectivity index (χ4n) is 2.98. The topological polar surface area (TPSA) is 86.7 Å². The van der Waals surface area contributed by atoms with Crippen LogP contribution in [0.15, 0.2) is 47.4 Å². The molecule has 1 unspecified atom stereocenters. The fraction of sp³-hybridized carbons (Fsp3) is 0.188. The number of nitrogens with zero attached hydrogens (tertiary/aromatic N) is 1. The zero-order valence-corrected chi connectivity index (χ0v) is 13.5. The highest BCUT2D eigenvalue weighted by Crippen LogP contribution is 2.45. The van der Waals surface area contributed by atoms with Gasteiger partial charge < -0.3 is 0 Å². The minimum atomic E-state index is -4.15. The van der Waals surface area contributed by atoms with E-state index in [1.54, 1.807) is 43.3 Å². The van der Waals surface area contributed by atoms with Crippen molar-refractivity contribution in [3.8, 4) is 0 Å². The summed E-state index contributed by atoms with van der Waals surface area (Å²) in [6.07, 6.45) is -0.333. The summed E-state index contributed by atoms with van der Waals surface area (Å²) in [6, 6.07) is 9.92. The SMILES string of the molecule is Cc1cc(F)c2c(c1)C(CC(=O)NO)N(c1ccccc1)S2(=O)=O. The maximum absolute atomic E-state index is 14.4. The predicted octanol–water partition coefficient (Wildman–Crippen LogP) is 2.28. The summed E-state index contributed by atoms with van der Waals surface area (Å²) in [7, 11) is -4.15. The summed E-state index contributed by atoms with van der Waals surface area (Å²) in [5, 5.41) is 8.80. The van der Waals surface area contributed by atoms with Crippen LogP contribution in [0, 0.1) is 12.7 Å². The van der Waals surface area contributed by atoms with Gasteiger partial charge in [-0.2, -0.15) is 0 Å². The van der Waals surface area contributed by atoms with Crippen LogP contribution in [-0.4, -0.2) is 19.5 Å². The van der Waals surface area contributed by atoms with Crippen molar-refractivity contribution in [3.63, 3.8) is 0 Å². The largest absolute Gasteiger partial charge is 0.289 e. The lowest BCUT2D eigenvalue weighted by Gasteiger charge is -2.25. The van der Waals surface area contributed by atoms with Crippen LogP contribution in [0.1, 0.15) is 23.6 Å². The molecule has 2 N–H and O–H groups in total. The number of hydrogen-bond acceptors (Lipinski definition) is 4. The van der Waals surface area contributed by atoms with E-state index in [0.717, 1.165) is 10.4 Å². The third-order valence-electron chi connectivity index (χ3n) is 3.89. The molecule has 8 heteroatoms. The molecule has 1 aliphatic rings. The van der Waals surface area contributed by atoms with Crippen molar-refractivity contribution in [2.45, 2.75) is 24.3 Å². The number of aryl methyl sites for hydroxylation is 1. The summed E-state index contributed by atoms with van der Waals surface area (Å²) in [6.45, 7) is 1.64. The van der Waals surface area contributed by atoms with Gasteiger partial charge in [-0.25, -0.2) is 18.3 Å². The number of halogens is 1. The fourth-order valence-corrected chi connectivity index (χ4v) is 4.89. The van der Waals surface area contributed by atoms with Crippen LogP contribution >= 0.6 is 0 Å². The number of amides is 1. The Hall–Kier alpha value is -2.45. The Labute approximate surface area is 138 Å². The molecule has 0 radical (unpaired) electrons. The second-order valence-electron chi connectivity index (χ2n) is 5.56. The first-order valence-electron chi connectivity index (χ1n) is 7.18. The van der Waals surface area contributed by atoms with Crippen molar-refractivity contribution in [1.29, 1.82) is 0 Å². The Morgan fingerprint density at radius 3 is 2.58 bits per heavy atom. The van der Waals surface area contributed by atoms with Gasteiger partial charge in [0.15, 0.2) is 0 Å². The Bertz CT molecular complexity index is 900. The van der Waals surface area contributed by atoms with Crippen molar-refractivity contribution in [2.75, 3.05) is 4.31 Å². The first-order valence-corrected chi connectivity index (χ1v) is 8.62. The van der Waals surface area contributed by atoms with Gasteiger partial charge in [0.05, 0.1) is 18.2 Å². The van der Waals surface area contributed by atoms with E-state index in [4.69, 9.17) is 5.21 Å². The van der Waals surface area contributed by atoms with Gasteiger partial charge in [-0.05, 0) is 30.7 Å². The van der Waals surface area contributed by atoms with Crippen LogP contribution in [0.5, 0.6) is 0 Å². The highest BCUT2D eigenvalue weighted by atomic mass is 32.2. The average Bonchev–Trinajstić information content (AvgIpc) is 2.75. The predicted molar refractivity (Wildman–Crippen MR) is 84.5 cm³/mol. The van der Waals surface area contributed by atoms with Crippen molar-refractivity contribution in [3.05, 3.63) is 59.4 Å². The molecular formula is C16H15FN2O4S. The molecule has 1 amide bonds. The zero-order chi connectivity index (χ0) is 17.5. The van der Waals surface area contributed by atoms with E-state index in [0.29, 0.717) is 11.3 Å². The van der Waals surface area contributed by atoms with Gasteiger partial charge in [0.1, 0.15) is 10.7 Å². The number of anilines is 1. The van der Waals surface area contributed by atoms with Crippen molar-refractivity contribution >= 4 is 21.6 Å². The van der Waals surface area contributed by atoms with E-state index in [1.165, 1.54) is 5.48 Å². The monoisotopic (exact) mass is 350 g/mol. The Morgan fingerprint density at radius 2 is 1.96 bits per heavy atom. The molecule has 0 aliphatic carbocycles. The molecule has 0 spiro atoms. The van der Waals surface area contributed by atoms with Crippen molar-refractivity contribution in [1.82, 2.24) is 5.48 Å². The molecule has 126 valence electrons. The molecule has 24 heavy (non-hydrogen) atoms. The number of rotatable bonds is 3. The zero-order valence-electron chi connectivity index (χ0n) is 12.7. The number of nitrogens with one attached hydrogen (secondary N) is 1. The smallest absolute Gasteiger partial charge is 0.268 e. The molecule has 0 saturated carbocycles. The number of para-hydroxylation sites is 1. The maximum atomic E-state index is 14.4. The second kappa shape index (κ2) is 5.88. The number of fused-ring (bicyclic) bond motifs is 1. The minimum absolute atomic E-state index is 0.208. The van der Waals surface area contributed by atoms with E-state index >= 15 is 0 Å². The highest BCUT2D eigenvalue weighted by Gasteiger charge is 2.45. The summed E-state index contributed by atoms with van der Waals surface area (Å²) in [5.74, 6) is -1.61. The van der Waals surface area contributed by atoms with Gasteiger partial charge in [-0.15, -0.1) is 0 Å². The molecule has 3 rings (SSSR count). The third kappa shape index (κ3) is 2.53. The highest BCUT2D eigenvalue weighted by molar-refractivity contribution is 7.93. The van der Waals surface area contributed by atoms with Gasteiger partial charge in [0.2, 0.25) is 5.91 Å². The van der Waals surface area contributed by atoms with E-state index in [9.17, 15) is 17.6 Å². The Balaban J connectivity index is 2.24. The van der Waals surface area contributed by atoms with Crippen molar-refractivity contribution < 1.29 is 22.8 Å². The lowest BCUT2D eigenvalue weighted by molar-refractivity contribution is -0.129. The van der Waals surface area contributed by atoms with E-state index in [2.05, 4.69) is 0 Å². The summed E-state index contributed by atoms with van der Waals surface area (Å²) >= 11 is 0. The molecule has 1 atom stereocenters. The molecule has 2 aromatic rings. The van der Waals surface area contributed by atoms with Gasteiger partial charge in [-0.3, -0.25) is 14.3 Å². The Morgan fingerprint density at radius 1 is 1.29 bits per heavy atom. The lowest BCUT2D eigenvalue weighted by Crippen LogP contribution is -2.32. The quantitative estimate of drug-likeness (QED) is 0.657. The number of carbonyl (C=O) groups is 1. The standard InChI is InChI=1S/C16H15FN2O4S/c1-10-7-12-14(9-15(20)18-21)19(11-5-3-2-4-6-11)24(22,23)16(12)13(17)8-10/h2-8,14,21H,9H2,1H3,(H,18,20). The van der Waals surface area contributed by atoms with Crippen LogP contribution in [-0.2, 0) is 14.8 Å². The number of hydrogen-bond donors (Lipinski definition) is 2. The Kier molecular flexibility index (Phi) is 4.02. The molecule has 0 saturated heterocycles. The van der Waals surface area contributed by atoms with Gasteiger partial charge in [0, 0.05) is 5.56 Å².